The summed E-state index contributed by atoms with van der Waals surface area (Å²) < 4.78 is 0. The number of nitrogens with zero attached hydrogens (tertiary/aromatic N) is 2. The Morgan fingerprint density at radius 1 is 1.32 bits per heavy atom. The molecule has 2 heterocycles. The van der Waals surface area contributed by atoms with Crippen molar-refractivity contribution in [3.8, 4) is 11.1 Å². The lowest BCUT2D eigenvalue weighted by molar-refractivity contribution is 0.174. The van der Waals surface area contributed by atoms with Crippen molar-refractivity contribution >= 4 is 11.0 Å². The number of nitrogens with one attached hydrogen (secondary N) is 1. The fourth-order valence-corrected chi connectivity index (χ4v) is 2.25. The zero-order chi connectivity index (χ0) is 13.2. The van der Waals surface area contributed by atoms with Gasteiger partial charge in [-0.1, -0.05) is 25.1 Å². The van der Waals surface area contributed by atoms with E-state index in [2.05, 4.69) is 15.2 Å². The van der Waals surface area contributed by atoms with Gasteiger partial charge in [-0.25, -0.2) is 4.98 Å². The molecule has 2 aromatic heterocycles. The second-order valence-corrected chi connectivity index (χ2v) is 4.54. The predicted octanol–water partition coefficient (Wildman–Crippen LogP) is 3.07. The van der Waals surface area contributed by atoms with E-state index < -0.39 is 6.10 Å². The first kappa shape index (κ1) is 11.9. The van der Waals surface area contributed by atoms with Crippen LogP contribution in [0.1, 0.15) is 25.0 Å². The maximum atomic E-state index is 9.94. The van der Waals surface area contributed by atoms with Crippen LogP contribution in [0.2, 0.25) is 0 Å². The lowest BCUT2D eigenvalue weighted by Crippen LogP contribution is -1.95. The summed E-state index contributed by atoms with van der Waals surface area (Å²) >= 11 is 0. The monoisotopic (exact) mass is 253 g/mol. The summed E-state index contributed by atoms with van der Waals surface area (Å²) in [6.45, 7) is 1.97. The largest absolute Gasteiger partial charge is 0.388 e. The van der Waals surface area contributed by atoms with Crippen LogP contribution in [0.25, 0.3) is 22.2 Å². The normalized spacial score (nSPS) is 12.7. The number of aromatic amines is 1. The summed E-state index contributed by atoms with van der Waals surface area (Å²) in [5, 5.41) is 17.8. The molecular weight excluding hydrogens is 238 g/mol. The van der Waals surface area contributed by atoms with Crippen molar-refractivity contribution in [2.45, 2.75) is 19.4 Å². The van der Waals surface area contributed by atoms with Crippen LogP contribution in [-0.2, 0) is 0 Å². The molecule has 4 nitrogen and oxygen atoms in total. The van der Waals surface area contributed by atoms with Crippen molar-refractivity contribution in [3.63, 3.8) is 0 Å². The summed E-state index contributed by atoms with van der Waals surface area (Å²) in [4.78, 5) is 4.23. The molecule has 0 spiro atoms. The van der Waals surface area contributed by atoms with E-state index in [1.54, 1.807) is 12.4 Å². The highest BCUT2D eigenvalue weighted by atomic mass is 16.3. The van der Waals surface area contributed by atoms with Gasteiger partial charge in [0.25, 0.3) is 0 Å². The van der Waals surface area contributed by atoms with Crippen molar-refractivity contribution in [2.24, 2.45) is 0 Å². The summed E-state index contributed by atoms with van der Waals surface area (Å²) in [5.41, 5.74) is 3.86. The van der Waals surface area contributed by atoms with Gasteiger partial charge in [0.05, 0.1) is 12.3 Å². The van der Waals surface area contributed by atoms with Crippen LogP contribution in [0.3, 0.4) is 0 Å². The first-order chi connectivity index (χ1) is 9.29. The van der Waals surface area contributed by atoms with Crippen molar-refractivity contribution in [1.29, 1.82) is 0 Å². The number of aliphatic hydroxyl groups excluding tert-OH is 1. The average molecular weight is 253 g/mol. The maximum Gasteiger partial charge on any atom is 0.155 e. The topological polar surface area (TPSA) is 61.8 Å². The Balaban J connectivity index is 2.14. The lowest BCUT2D eigenvalue weighted by Gasteiger charge is -2.10. The van der Waals surface area contributed by atoms with Gasteiger partial charge in [-0.3, -0.25) is 5.10 Å². The van der Waals surface area contributed by atoms with E-state index in [-0.39, 0.29) is 0 Å². The van der Waals surface area contributed by atoms with Crippen molar-refractivity contribution < 1.29 is 5.11 Å². The van der Waals surface area contributed by atoms with Gasteiger partial charge >= 0.3 is 0 Å². The maximum absolute atomic E-state index is 9.94. The molecule has 0 aliphatic rings. The summed E-state index contributed by atoms with van der Waals surface area (Å²) in [6.07, 6.45) is 3.84. The van der Waals surface area contributed by atoms with Gasteiger partial charge < -0.3 is 5.11 Å². The highest BCUT2D eigenvalue weighted by Crippen LogP contribution is 2.28. The van der Waals surface area contributed by atoms with Crippen molar-refractivity contribution in [1.82, 2.24) is 15.2 Å². The summed E-state index contributed by atoms with van der Waals surface area (Å²) in [6, 6.07) is 9.94. The van der Waals surface area contributed by atoms with Crippen molar-refractivity contribution in [3.05, 3.63) is 48.3 Å². The standard InChI is InChI=1S/C15H15N3O/c1-2-14(19)11-5-3-4-10(8-11)12-6-7-16-15-13(12)9-17-18-15/h3-9,14,19H,2H2,1H3,(H,16,17,18). The molecular formula is C15H15N3O. The summed E-state index contributed by atoms with van der Waals surface area (Å²) in [5.74, 6) is 0. The highest BCUT2D eigenvalue weighted by molar-refractivity contribution is 5.92. The number of hydrogen-bond donors (Lipinski definition) is 2. The number of aromatic nitrogens is 3. The number of rotatable bonds is 3. The number of benzene rings is 1. The number of pyridine rings is 1. The molecule has 0 fully saturated rings. The van der Waals surface area contributed by atoms with Gasteiger partial charge in [-0.2, -0.15) is 5.10 Å². The fraction of sp³-hybridized carbons (Fsp3) is 0.200. The second kappa shape index (κ2) is 4.82. The minimum atomic E-state index is -0.415. The Labute approximate surface area is 111 Å². The predicted molar refractivity (Wildman–Crippen MR) is 74.6 cm³/mol. The smallest absolute Gasteiger partial charge is 0.155 e. The number of fused-ring (bicyclic) bond motifs is 1. The molecule has 19 heavy (non-hydrogen) atoms. The molecule has 0 saturated carbocycles. The Morgan fingerprint density at radius 2 is 2.21 bits per heavy atom. The van der Waals surface area contributed by atoms with E-state index in [4.69, 9.17) is 0 Å². The SMILES string of the molecule is CCC(O)c1cccc(-c2ccnc3[nH]ncc23)c1. The third-order valence-electron chi connectivity index (χ3n) is 3.32. The van der Waals surface area contributed by atoms with Crippen LogP contribution in [0.4, 0.5) is 0 Å². The van der Waals surface area contributed by atoms with Gasteiger partial charge in [0.1, 0.15) is 0 Å². The molecule has 1 atom stereocenters. The Hall–Kier alpha value is -2.20. The van der Waals surface area contributed by atoms with Crippen LogP contribution in [-0.4, -0.2) is 20.3 Å². The minimum Gasteiger partial charge on any atom is -0.388 e. The van der Waals surface area contributed by atoms with E-state index in [1.807, 2.05) is 37.3 Å². The minimum absolute atomic E-state index is 0.415. The van der Waals surface area contributed by atoms with Gasteiger partial charge in [0, 0.05) is 11.6 Å². The Bertz CT molecular complexity index is 705. The molecule has 0 saturated heterocycles. The molecule has 0 radical (unpaired) electrons. The van der Waals surface area contributed by atoms with Gasteiger partial charge in [-0.15, -0.1) is 0 Å². The first-order valence-electron chi connectivity index (χ1n) is 6.36. The molecule has 0 amide bonds. The molecule has 2 N–H and O–H groups in total. The molecule has 96 valence electrons. The number of aliphatic hydroxyl groups is 1. The molecule has 1 unspecified atom stereocenters. The Morgan fingerprint density at radius 3 is 3.05 bits per heavy atom. The molecule has 0 aliphatic carbocycles. The van der Waals surface area contributed by atoms with E-state index in [1.165, 1.54) is 0 Å². The second-order valence-electron chi connectivity index (χ2n) is 4.54. The van der Waals surface area contributed by atoms with Gasteiger partial charge in [0.15, 0.2) is 5.65 Å². The fourth-order valence-electron chi connectivity index (χ4n) is 2.25. The van der Waals surface area contributed by atoms with E-state index in [9.17, 15) is 5.11 Å². The highest BCUT2D eigenvalue weighted by Gasteiger charge is 2.09. The molecule has 3 aromatic rings. The molecule has 4 heteroatoms. The number of H-pyrrole nitrogens is 1. The molecule has 0 bridgehead atoms. The van der Waals surface area contributed by atoms with Gasteiger partial charge in [0.2, 0.25) is 0 Å². The van der Waals surface area contributed by atoms with Crippen LogP contribution >= 0.6 is 0 Å². The zero-order valence-electron chi connectivity index (χ0n) is 10.7. The Kier molecular flexibility index (Phi) is 3.01. The van der Waals surface area contributed by atoms with E-state index in [0.29, 0.717) is 6.42 Å². The van der Waals surface area contributed by atoms with Crippen LogP contribution in [0, 0.1) is 0 Å². The first-order valence-corrected chi connectivity index (χ1v) is 6.36. The van der Waals surface area contributed by atoms with E-state index in [0.717, 1.165) is 27.7 Å². The molecule has 0 aliphatic heterocycles. The van der Waals surface area contributed by atoms with E-state index >= 15 is 0 Å². The zero-order valence-corrected chi connectivity index (χ0v) is 10.7. The number of hydrogen-bond acceptors (Lipinski definition) is 3. The quantitative estimate of drug-likeness (QED) is 0.754. The van der Waals surface area contributed by atoms with Crippen LogP contribution in [0.5, 0.6) is 0 Å². The van der Waals surface area contributed by atoms with Crippen molar-refractivity contribution in [2.75, 3.05) is 0 Å². The van der Waals surface area contributed by atoms with Crippen LogP contribution < -0.4 is 0 Å². The van der Waals surface area contributed by atoms with Crippen LogP contribution in [0.15, 0.2) is 42.7 Å². The third kappa shape index (κ3) is 2.11. The van der Waals surface area contributed by atoms with Gasteiger partial charge in [-0.05, 0) is 35.2 Å². The average Bonchev–Trinajstić information content (AvgIpc) is 2.94. The third-order valence-corrected chi connectivity index (χ3v) is 3.32. The molecule has 3 rings (SSSR count). The molecule has 1 aromatic carbocycles. The summed E-state index contributed by atoms with van der Waals surface area (Å²) in [7, 11) is 0. The lowest BCUT2D eigenvalue weighted by atomic mass is 9.99.